The number of piperidine rings is 1. The molecular weight excluding hydrogens is 422 g/mol. The molecule has 1 aliphatic heterocycles. The molecule has 2 atom stereocenters. The van der Waals surface area contributed by atoms with E-state index in [1.807, 2.05) is 18.7 Å². The molecule has 33 heavy (non-hydrogen) atoms. The Kier molecular flexibility index (Phi) is 6.32. The summed E-state index contributed by atoms with van der Waals surface area (Å²) in [6.45, 7) is 8.45. The van der Waals surface area contributed by atoms with E-state index in [1.54, 1.807) is 6.08 Å². The summed E-state index contributed by atoms with van der Waals surface area (Å²) in [4.78, 5) is 40.6. The number of fused-ring (bicyclic) bond motifs is 1. The maximum absolute atomic E-state index is 13.1. The lowest BCUT2D eigenvalue weighted by atomic mass is 9.97. The number of hydrogen-bond acceptors (Lipinski definition) is 5. The third-order valence-electron chi connectivity index (χ3n) is 6.45. The number of aromatic hydroxyl groups is 1. The van der Waals surface area contributed by atoms with Gasteiger partial charge in [0.05, 0.1) is 6.20 Å². The SMILES string of the molecule is CC(C)Cn1c(O)c(C(=O)NC2CC2)c(=O)n2ncc(/C=C/C(=O)N3[C@H](C)CCC[C@@H]3C)c12. The van der Waals surface area contributed by atoms with Crippen LogP contribution < -0.4 is 10.9 Å². The van der Waals surface area contributed by atoms with Gasteiger partial charge in [0.25, 0.3) is 11.5 Å². The van der Waals surface area contributed by atoms with Crippen LogP contribution in [-0.2, 0) is 11.3 Å². The molecule has 9 heteroatoms. The number of carbonyl (C=O) groups is 2. The molecule has 4 rings (SSSR count). The standard InChI is InChI=1S/C24H33N5O4/c1-14(2)13-27-22-17(8-11-19(30)28-15(3)6-5-7-16(28)4)12-25-29(22)24(33)20(23(27)32)21(31)26-18-9-10-18/h8,11-12,14-16,18,32H,5-7,9-10,13H2,1-4H3,(H,26,31)/b11-8+/t15-,16+. The number of likely N-dealkylation sites (tertiary alicyclic amines) is 1. The summed E-state index contributed by atoms with van der Waals surface area (Å²) in [5.74, 6) is -0.921. The van der Waals surface area contributed by atoms with Crippen molar-refractivity contribution < 1.29 is 14.7 Å². The topological polar surface area (TPSA) is 109 Å². The highest BCUT2D eigenvalue weighted by Crippen LogP contribution is 2.26. The lowest BCUT2D eigenvalue weighted by Gasteiger charge is -2.38. The Balaban J connectivity index is 1.75. The van der Waals surface area contributed by atoms with Crippen LogP contribution in [0.25, 0.3) is 11.7 Å². The second kappa shape index (κ2) is 9.03. The van der Waals surface area contributed by atoms with E-state index >= 15 is 0 Å². The molecular formula is C24H33N5O4. The molecule has 2 aromatic rings. The predicted octanol–water partition coefficient (Wildman–Crippen LogP) is 2.55. The van der Waals surface area contributed by atoms with E-state index in [9.17, 15) is 19.5 Å². The monoisotopic (exact) mass is 455 g/mol. The number of hydrogen-bond donors (Lipinski definition) is 2. The summed E-state index contributed by atoms with van der Waals surface area (Å²) in [5, 5.41) is 17.9. The van der Waals surface area contributed by atoms with Gasteiger partial charge in [-0.3, -0.25) is 19.0 Å². The van der Waals surface area contributed by atoms with Crippen molar-refractivity contribution in [1.82, 2.24) is 24.4 Å². The van der Waals surface area contributed by atoms with Crippen LogP contribution in [-0.4, -0.2) is 54.1 Å². The number of nitrogens with one attached hydrogen (secondary N) is 1. The first-order valence-corrected chi connectivity index (χ1v) is 11.8. The second-order valence-electron chi connectivity index (χ2n) is 9.80. The minimum Gasteiger partial charge on any atom is -0.494 e. The van der Waals surface area contributed by atoms with Crippen molar-refractivity contribution in [2.24, 2.45) is 5.92 Å². The second-order valence-corrected chi connectivity index (χ2v) is 9.80. The molecule has 178 valence electrons. The first-order valence-electron chi connectivity index (χ1n) is 11.8. The molecule has 0 spiro atoms. The maximum Gasteiger partial charge on any atom is 0.291 e. The molecule has 0 aromatic carbocycles. The molecule has 2 N–H and O–H groups in total. The molecule has 1 saturated carbocycles. The lowest BCUT2D eigenvalue weighted by molar-refractivity contribution is -0.131. The summed E-state index contributed by atoms with van der Waals surface area (Å²) < 4.78 is 2.68. The molecule has 0 unspecified atom stereocenters. The van der Waals surface area contributed by atoms with Crippen LogP contribution in [0.4, 0.5) is 0 Å². The largest absolute Gasteiger partial charge is 0.494 e. The highest BCUT2D eigenvalue weighted by molar-refractivity contribution is 5.97. The van der Waals surface area contributed by atoms with Crippen molar-refractivity contribution in [2.75, 3.05) is 0 Å². The summed E-state index contributed by atoms with van der Waals surface area (Å²) in [6, 6.07) is 0.392. The first kappa shape index (κ1) is 23.1. The zero-order valence-corrected chi connectivity index (χ0v) is 19.7. The fourth-order valence-corrected chi connectivity index (χ4v) is 4.65. The van der Waals surface area contributed by atoms with Gasteiger partial charge in [0, 0.05) is 36.3 Å². The van der Waals surface area contributed by atoms with Crippen molar-refractivity contribution in [1.29, 1.82) is 0 Å². The van der Waals surface area contributed by atoms with Crippen LogP contribution in [0, 0.1) is 5.92 Å². The van der Waals surface area contributed by atoms with E-state index in [4.69, 9.17) is 0 Å². The van der Waals surface area contributed by atoms with E-state index < -0.39 is 11.5 Å². The molecule has 2 aromatic heterocycles. The normalized spacial score (nSPS) is 21.3. The van der Waals surface area contributed by atoms with E-state index in [-0.39, 0.29) is 41.4 Å². The predicted molar refractivity (Wildman–Crippen MR) is 125 cm³/mol. The van der Waals surface area contributed by atoms with Gasteiger partial charge >= 0.3 is 0 Å². The van der Waals surface area contributed by atoms with E-state index in [0.717, 1.165) is 36.6 Å². The Hall–Kier alpha value is -3.10. The van der Waals surface area contributed by atoms with Gasteiger partial charge in [0.2, 0.25) is 11.8 Å². The molecule has 3 heterocycles. The van der Waals surface area contributed by atoms with Crippen LogP contribution >= 0.6 is 0 Å². The summed E-state index contributed by atoms with van der Waals surface area (Å²) in [7, 11) is 0. The molecule has 9 nitrogen and oxygen atoms in total. The van der Waals surface area contributed by atoms with Crippen LogP contribution in [0.5, 0.6) is 5.88 Å². The third kappa shape index (κ3) is 4.54. The molecule has 1 saturated heterocycles. The Morgan fingerprint density at radius 2 is 1.88 bits per heavy atom. The highest BCUT2D eigenvalue weighted by atomic mass is 16.3. The molecule has 2 fully saturated rings. The van der Waals surface area contributed by atoms with Crippen molar-refractivity contribution >= 4 is 23.5 Å². The summed E-state index contributed by atoms with van der Waals surface area (Å²) in [5.41, 5.74) is -0.0912. The van der Waals surface area contributed by atoms with Crippen LogP contribution in [0.1, 0.15) is 75.7 Å². The molecule has 2 amide bonds. The number of carbonyl (C=O) groups excluding carboxylic acids is 2. The van der Waals surface area contributed by atoms with E-state index in [0.29, 0.717) is 17.8 Å². The van der Waals surface area contributed by atoms with E-state index in [1.165, 1.54) is 16.8 Å². The number of aromatic nitrogens is 3. The van der Waals surface area contributed by atoms with Crippen LogP contribution in [0.2, 0.25) is 0 Å². The summed E-state index contributed by atoms with van der Waals surface area (Å²) >= 11 is 0. The quantitative estimate of drug-likeness (QED) is 0.651. The number of rotatable bonds is 6. The van der Waals surface area contributed by atoms with Crippen molar-refractivity contribution in [3.8, 4) is 5.88 Å². The minimum atomic E-state index is -0.676. The number of nitrogens with zero attached hydrogens (tertiary/aromatic N) is 4. The summed E-state index contributed by atoms with van der Waals surface area (Å²) in [6.07, 6.45) is 9.44. The Morgan fingerprint density at radius 3 is 2.48 bits per heavy atom. The van der Waals surface area contributed by atoms with Crippen LogP contribution in [0.15, 0.2) is 17.1 Å². The van der Waals surface area contributed by atoms with Gasteiger partial charge < -0.3 is 15.3 Å². The fourth-order valence-electron chi connectivity index (χ4n) is 4.65. The van der Waals surface area contributed by atoms with Gasteiger partial charge in [-0.15, -0.1) is 0 Å². The van der Waals surface area contributed by atoms with Crippen molar-refractivity contribution in [3.63, 3.8) is 0 Å². The highest BCUT2D eigenvalue weighted by Gasteiger charge is 2.30. The smallest absolute Gasteiger partial charge is 0.291 e. The van der Waals surface area contributed by atoms with Crippen molar-refractivity contribution in [2.45, 2.75) is 84.5 Å². The van der Waals surface area contributed by atoms with Gasteiger partial charge in [-0.25, -0.2) is 0 Å². The Labute approximate surface area is 193 Å². The van der Waals surface area contributed by atoms with Gasteiger partial charge in [-0.1, -0.05) is 13.8 Å². The first-order chi connectivity index (χ1) is 15.7. The number of amides is 2. The average molecular weight is 456 g/mol. The molecule has 2 aliphatic rings. The Morgan fingerprint density at radius 1 is 1.21 bits per heavy atom. The van der Waals surface area contributed by atoms with Crippen LogP contribution in [0.3, 0.4) is 0 Å². The zero-order valence-electron chi connectivity index (χ0n) is 19.7. The van der Waals surface area contributed by atoms with Crippen molar-refractivity contribution in [3.05, 3.63) is 33.8 Å². The Bertz CT molecular complexity index is 1150. The van der Waals surface area contributed by atoms with Gasteiger partial charge in [0.1, 0.15) is 5.65 Å². The fraction of sp³-hybridized carbons (Fsp3) is 0.583. The van der Waals surface area contributed by atoms with Gasteiger partial charge in [-0.2, -0.15) is 9.61 Å². The molecule has 1 aliphatic carbocycles. The minimum absolute atomic E-state index is 0.0484. The molecule has 0 radical (unpaired) electrons. The maximum atomic E-state index is 13.1. The van der Waals surface area contributed by atoms with Gasteiger partial charge in [-0.05, 0) is 57.9 Å². The van der Waals surface area contributed by atoms with E-state index in [2.05, 4.69) is 24.3 Å². The lowest BCUT2D eigenvalue weighted by Crippen LogP contribution is -2.46. The average Bonchev–Trinajstić information content (AvgIpc) is 3.44. The molecule has 0 bridgehead atoms. The zero-order chi connectivity index (χ0) is 23.9. The third-order valence-corrected chi connectivity index (χ3v) is 6.45. The van der Waals surface area contributed by atoms with Gasteiger partial charge in [0.15, 0.2) is 5.56 Å².